The number of benzene rings is 1. The van der Waals surface area contributed by atoms with Crippen LogP contribution in [0.15, 0.2) is 34.2 Å². The van der Waals surface area contributed by atoms with E-state index in [0.29, 0.717) is 11.1 Å². The highest BCUT2D eigenvalue weighted by Gasteiger charge is 2.02. The molecule has 0 aromatic heterocycles. The maximum absolute atomic E-state index is 11.0. The second-order valence-corrected chi connectivity index (χ2v) is 4.93. The van der Waals surface area contributed by atoms with E-state index in [2.05, 4.69) is 4.99 Å². The van der Waals surface area contributed by atoms with Gasteiger partial charge in [0, 0.05) is 4.90 Å². The van der Waals surface area contributed by atoms with Crippen molar-refractivity contribution < 1.29 is 9.53 Å². The number of hydrogen-bond donors (Lipinski definition) is 0. The molecule has 3 nitrogen and oxygen atoms in total. The molecule has 0 atom stereocenters. The Bertz CT molecular complexity index is 403. The molecule has 1 aromatic rings. The van der Waals surface area contributed by atoms with Crippen molar-refractivity contribution >= 4 is 33.8 Å². The molecule has 0 aliphatic heterocycles. The number of aryl methyl sites for hydroxylation is 1. The zero-order chi connectivity index (χ0) is 12.7. The van der Waals surface area contributed by atoms with Gasteiger partial charge in [0.15, 0.2) is 4.50 Å². The summed E-state index contributed by atoms with van der Waals surface area (Å²) in [6.07, 6.45) is 0. The van der Waals surface area contributed by atoms with Crippen molar-refractivity contribution in [1.29, 1.82) is 0 Å². The van der Waals surface area contributed by atoms with Crippen LogP contribution < -0.4 is 0 Å². The molecule has 0 heterocycles. The number of thioether (sulfide) groups is 1. The van der Waals surface area contributed by atoms with Crippen LogP contribution in [-0.2, 0) is 9.53 Å². The first-order valence-corrected chi connectivity index (χ1v) is 6.41. The van der Waals surface area contributed by atoms with Gasteiger partial charge in [-0.1, -0.05) is 41.1 Å². The quantitative estimate of drug-likeness (QED) is 0.365. The summed E-state index contributed by atoms with van der Waals surface area (Å²) in [5.41, 5.74) is 1.19. The van der Waals surface area contributed by atoms with Crippen molar-refractivity contribution in [3.63, 3.8) is 0 Å². The predicted molar refractivity (Wildman–Crippen MR) is 71.8 cm³/mol. The minimum atomic E-state index is -0.366. The summed E-state index contributed by atoms with van der Waals surface area (Å²) in [6.45, 7) is 4.10. The number of aliphatic imine (C=N–C) groups is 1. The third-order valence-corrected chi connectivity index (χ3v) is 3.02. The van der Waals surface area contributed by atoms with Gasteiger partial charge < -0.3 is 4.74 Å². The Labute approximate surface area is 110 Å². The Morgan fingerprint density at radius 1 is 1.41 bits per heavy atom. The molecule has 0 saturated heterocycles. The molecule has 0 aliphatic carbocycles. The molecule has 0 aliphatic rings. The van der Waals surface area contributed by atoms with Crippen LogP contribution in [0.4, 0.5) is 0 Å². The van der Waals surface area contributed by atoms with E-state index in [1.54, 1.807) is 6.92 Å². The van der Waals surface area contributed by atoms with E-state index in [1.165, 1.54) is 17.3 Å². The lowest BCUT2D eigenvalue weighted by molar-refractivity contribution is -0.141. The van der Waals surface area contributed by atoms with E-state index in [1.807, 2.05) is 31.2 Å². The van der Waals surface area contributed by atoms with Gasteiger partial charge in [-0.15, -0.1) is 0 Å². The SMILES string of the molecule is CCOC(=O)CN=C(Cl)Sc1ccc(C)cc1. The van der Waals surface area contributed by atoms with E-state index in [-0.39, 0.29) is 12.5 Å². The zero-order valence-corrected chi connectivity index (χ0v) is 11.3. The number of halogens is 1. The van der Waals surface area contributed by atoms with Gasteiger partial charge >= 0.3 is 5.97 Å². The molecule has 5 heteroatoms. The number of carbonyl (C=O) groups excluding carboxylic acids is 1. The minimum Gasteiger partial charge on any atom is -0.465 e. The van der Waals surface area contributed by atoms with E-state index >= 15 is 0 Å². The predicted octanol–water partition coefficient (Wildman–Crippen LogP) is 3.25. The van der Waals surface area contributed by atoms with Crippen molar-refractivity contribution in [2.45, 2.75) is 18.7 Å². The molecule has 0 radical (unpaired) electrons. The lowest BCUT2D eigenvalue weighted by atomic mass is 10.2. The molecule has 17 heavy (non-hydrogen) atoms. The van der Waals surface area contributed by atoms with Crippen molar-refractivity contribution in [3.05, 3.63) is 29.8 Å². The van der Waals surface area contributed by atoms with Gasteiger partial charge in [0.1, 0.15) is 6.54 Å². The second kappa shape index (κ2) is 7.35. The minimum absolute atomic E-state index is 0.0362. The molecular formula is C12H14ClNO2S. The molecule has 0 bridgehead atoms. The van der Waals surface area contributed by atoms with Crippen molar-refractivity contribution in [2.75, 3.05) is 13.2 Å². The van der Waals surface area contributed by atoms with Crippen LogP contribution in [0.5, 0.6) is 0 Å². The van der Waals surface area contributed by atoms with Gasteiger partial charge in [0.25, 0.3) is 0 Å². The first kappa shape index (κ1) is 14.1. The van der Waals surface area contributed by atoms with Crippen LogP contribution in [0, 0.1) is 6.92 Å². The van der Waals surface area contributed by atoms with E-state index in [9.17, 15) is 4.79 Å². The lowest BCUT2D eigenvalue weighted by Gasteiger charge is -2.00. The monoisotopic (exact) mass is 271 g/mol. The highest BCUT2D eigenvalue weighted by atomic mass is 35.5. The Morgan fingerprint density at radius 2 is 2.06 bits per heavy atom. The van der Waals surface area contributed by atoms with E-state index < -0.39 is 0 Å². The summed E-state index contributed by atoms with van der Waals surface area (Å²) >= 11 is 7.22. The number of hydrogen-bond acceptors (Lipinski definition) is 4. The first-order chi connectivity index (χ1) is 8.11. The molecule has 0 amide bonds. The Balaban J connectivity index is 2.48. The zero-order valence-electron chi connectivity index (χ0n) is 9.77. The topological polar surface area (TPSA) is 38.7 Å². The van der Waals surface area contributed by atoms with Gasteiger partial charge in [-0.25, -0.2) is 0 Å². The molecule has 1 rings (SSSR count). The first-order valence-electron chi connectivity index (χ1n) is 5.22. The van der Waals surface area contributed by atoms with Gasteiger partial charge in [-0.3, -0.25) is 9.79 Å². The molecule has 0 N–H and O–H groups in total. The van der Waals surface area contributed by atoms with Crippen LogP contribution >= 0.6 is 23.4 Å². The highest BCUT2D eigenvalue weighted by Crippen LogP contribution is 2.21. The summed E-state index contributed by atoms with van der Waals surface area (Å²) in [7, 11) is 0. The van der Waals surface area contributed by atoms with Crippen LogP contribution in [-0.4, -0.2) is 23.6 Å². The van der Waals surface area contributed by atoms with Crippen LogP contribution in [0.1, 0.15) is 12.5 Å². The summed E-state index contributed by atoms with van der Waals surface area (Å²) < 4.78 is 5.08. The third kappa shape index (κ3) is 5.75. The van der Waals surface area contributed by atoms with Gasteiger partial charge in [0.2, 0.25) is 0 Å². The summed E-state index contributed by atoms with van der Waals surface area (Å²) in [5, 5.41) is 0. The number of esters is 1. The molecule has 0 unspecified atom stereocenters. The molecular weight excluding hydrogens is 258 g/mol. The number of ether oxygens (including phenoxy) is 1. The van der Waals surface area contributed by atoms with E-state index in [4.69, 9.17) is 16.3 Å². The van der Waals surface area contributed by atoms with Crippen molar-refractivity contribution in [2.24, 2.45) is 4.99 Å². The Morgan fingerprint density at radius 3 is 2.65 bits per heavy atom. The third-order valence-electron chi connectivity index (χ3n) is 1.86. The van der Waals surface area contributed by atoms with Gasteiger partial charge in [-0.05, 0) is 26.0 Å². The normalized spacial score (nSPS) is 11.4. The summed E-state index contributed by atoms with van der Waals surface area (Å²) in [6, 6.07) is 7.92. The summed E-state index contributed by atoms with van der Waals surface area (Å²) in [5.74, 6) is -0.366. The maximum atomic E-state index is 11.0. The largest absolute Gasteiger partial charge is 0.465 e. The average Bonchev–Trinajstić information content (AvgIpc) is 2.30. The fourth-order valence-corrected chi connectivity index (χ4v) is 1.99. The fourth-order valence-electron chi connectivity index (χ4n) is 1.07. The van der Waals surface area contributed by atoms with Crippen LogP contribution in [0.3, 0.4) is 0 Å². The Hall–Kier alpha value is -1.00. The second-order valence-electron chi connectivity index (χ2n) is 3.29. The standard InChI is InChI=1S/C12H14ClNO2S/c1-3-16-11(15)8-14-12(13)17-10-6-4-9(2)5-7-10/h4-7H,3,8H2,1-2H3. The van der Waals surface area contributed by atoms with Crippen LogP contribution in [0.25, 0.3) is 0 Å². The van der Waals surface area contributed by atoms with E-state index in [0.717, 1.165) is 4.90 Å². The fraction of sp³-hybridized carbons (Fsp3) is 0.333. The number of nitrogens with zero attached hydrogens (tertiary/aromatic N) is 1. The molecule has 0 fully saturated rings. The summed E-state index contributed by atoms with van der Waals surface area (Å²) in [4.78, 5) is 16.0. The Kier molecular flexibility index (Phi) is 6.08. The van der Waals surface area contributed by atoms with Crippen molar-refractivity contribution in [1.82, 2.24) is 0 Å². The maximum Gasteiger partial charge on any atom is 0.327 e. The van der Waals surface area contributed by atoms with Crippen LogP contribution in [0.2, 0.25) is 0 Å². The molecule has 92 valence electrons. The van der Waals surface area contributed by atoms with Gasteiger partial charge in [0.05, 0.1) is 6.61 Å². The van der Waals surface area contributed by atoms with Crippen molar-refractivity contribution in [3.8, 4) is 0 Å². The molecule has 0 saturated carbocycles. The number of rotatable bonds is 4. The lowest BCUT2D eigenvalue weighted by Crippen LogP contribution is -2.08. The molecule has 1 aromatic carbocycles. The highest BCUT2D eigenvalue weighted by molar-refractivity contribution is 8.16. The smallest absolute Gasteiger partial charge is 0.327 e. The molecule has 0 spiro atoms. The number of carbonyl (C=O) groups is 1. The van der Waals surface area contributed by atoms with Gasteiger partial charge in [-0.2, -0.15) is 0 Å². The average molecular weight is 272 g/mol.